The summed E-state index contributed by atoms with van der Waals surface area (Å²) in [4.78, 5) is 4.29. The van der Waals surface area contributed by atoms with Crippen LogP contribution in [0.2, 0.25) is 0 Å². The van der Waals surface area contributed by atoms with Crippen LogP contribution >= 0.6 is 27.3 Å². The molecule has 2 rings (SSSR count). The number of rotatable bonds is 2. The molecule has 0 aliphatic heterocycles. The second-order valence-electron chi connectivity index (χ2n) is 2.82. The highest BCUT2D eigenvalue weighted by molar-refractivity contribution is 9.10. The van der Waals surface area contributed by atoms with Crippen LogP contribution in [0.4, 0.5) is 4.39 Å². The lowest BCUT2D eigenvalue weighted by atomic mass is 10.3. The van der Waals surface area contributed by atoms with Crippen LogP contribution in [0.25, 0.3) is 10.2 Å². The third-order valence-electron chi connectivity index (χ3n) is 1.78. The van der Waals surface area contributed by atoms with E-state index in [4.69, 9.17) is 5.11 Å². The van der Waals surface area contributed by atoms with Gasteiger partial charge >= 0.3 is 0 Å². The molecule has 0 aliphatic rings. The minimum absolute atomic E-state index is 0.0694. The predicted octanol–water partition coefficient (Wildman–Crippen LogP) is 2.73. The van der Waals surface area contributed by atoms with E-state index in [1.165, 1.54) is 23.5 Å². The Kier molecular flexibility index (Phi) is 2.80. The van der Waals surface area contributed by atoms with E-state index in [9.17, 15) is 4.39 Å². The first-order valence-electron chi connectivity index (χ1n) is 4.06. The Labute approximate surface area is 92.5 Å². The molecule has 14 heavy (non-hydrogen) atoms. The van der Waals surface area contributed by atoms with Crippen LogP contribution in [0.3, 0.4) is 0 Å². The normalized spacial score (nSPS) is 11.1. The van der Waals surface area contributed by atoms with Crippen LogP contribution in [0.5, 0.6) is 0 Å². The monoisotopic (exact) mass is 275 g/mol. The Balaban J connectivity index is 2.58. The summed E-state index contributed by atoms with van der Waals surface area (Å²) in [5.74, 6) is -0.274. The largest absolute Gasteiger partial charge is 0.396 e. The first-order chi connectivity index (χ1) is 6.70. The maximum absolute atomic E-state index is 13.0. The summed E-state index contributed by atoms with van der Waals surface area (Å²) in [6.45, 7) is 0.0694. The topological polar surface area (TPSA) is 33.1 Å². The van der Waals surface area contributed by atoms with Gasteiger partial charge < -0.3 is 5.11 Å². The molecule has 0 aliphatic carbocycles. The van der Waals surface area contributed by atoms with Crippen molar-refractivity contribution >= 4 is 37.5 Å². The molecule has 1 heterocycles. The Morgan fingerprint density at radius 2 is 2.29 bits per heavy atom. The van der Waals surface area contributed by atoms with Crippen molar-refractivity contribution < 1.29 is 9.50 Å². The lowest BCUT2D eigenvalue weighted by molar-refractivity contribution is 0.299. The van der Waals surface area contributed by atoms with E-state index >= 15 is 0 Å². The highest BCUT2D eigenvalue weighted by Crippen LogP contribution is 2.29. The first-order valence-corrected chi connectivity index (χ1v) is 5.67. The van der Waals surface area contributed by atoms with Gasteiger partial charge in [0, 0.05) is 17.5 Å². The molecular formula is C9H7BrFNOS. The second kappa shape index (κ2) is 3.92. The van der Waals surface area contributed by atoms with Crippen LogP contribution in [-0.2, 0) is 6.42 Å². The molecule has 74 valence electrons. The zero-order valence-corrected chi connectivity index (χ0v) is 9.53. The Morgan fingerprint density at radius 3 is 3.00 bits per heavy atom. The SMILES string of the molecule is OCCc1nc2c(Br)cc(F)cc2s1. The summed E-state index contributed by atoms with van der Waals surface area (Å²) in [6, 6.07) is 2.85. The molecule has 1 aromatic carbocycles. The number of benzene rings is 1. The summed E-state index contributed by atoms with van der Waals surface area (Å²) in [7, 11) is 0. The second-order valence-corrected chi connectivity index (χ2v) is 4.79. The fraction of sp³-hybridized carbons (Fsp3) is 0.222. The van der Waals surface area contributed by atoms with Gasteiger partial charge in [-0.1, -0.05) is 0 Å². The molecule has 0 spiro atoms. The zero-order chi connectivity index (χ0) is 10.1. The summed E-state index contributed by atoms with van der Waals surface area (Å²) < 4.78 is 14.5. The third kappa shape index (κ3) is 1.80. The zero-order valence-electron chi connectivity index (χ0n) is 7.13. The maximum atomic E-state index is 13.0. The number of thiazole rings is 1. The van der Waals surface area contributed by atoms with Gasteiger partial charge in [-0.25, -0.2) is 9.37 Å². The van der Waals surface area contributed by atoms with Gasteiger partial charge in [-0.2, -0.15) is 0 Å². The average molecular weight is 276 g/mol. The van der Waals surface area contributed by atoms with Crippen molar-refractivity contribution in [2.75, 3.05) is 6.61 Å². The molecule has 1 N–H and O–H groups in total. The smallest absolute Gasteiger partial charge is 0.125 e. The van der Waals surface area contributed by atoms with Gasteiger partial charge in [0.2, 0.25) is 0 Å². The van der Waals surface area contributed by atoms with E-state index < -0.39 is 0 Å². The fourth-order valence-corrected chi connectivity index (χ4v) is 2.87. The summed E-state index contributed by atoms with van der Waals surface area (Å²) in [6.07, 6.45) is 0.521. The van der Waals surface area contributed by atoms with E-state index in [2.05, 4.69) is 20.9 Å². The number of aliphatic hydroxyl groups excluding tert-OH is 1. The molecule has 0 radical (unpaired) electrons. The van der Waals surface area contributed by atoms with E-state index in [1.807, 2.05) is 0 Å². The number of aromatic nitrogens is 1. The van der Waals surface area contributed by atoms with Crippen LogP contribution in [0, 0.1) is 5.82 Å². The quantitative estimate of drug-likeness (QED) is 0.914. The Hall–Kier alpha value is -0.520. The number of hydrogen-bond acceptors (Lipinski definition) is 3. The lowest BCUT2D eigenvalue weighted by Crippen LogP contribution is -1.87. The average Bonchev–Trinajstić information content (AvgIpc) is 2.48. The molecule has 0 amide bonds. The molecule has 0 atom stereocenters. The van der Waals surface area contributed by atoms with E-state index in [0.29, 0.717) is 10.9 Å². The fourth-order valence-electron chi connectivity index (χ4n) is 1.21. The maximum Gasteiger partial charge on any atom is 0.125 e. The summed E-state index contributed by atoms with van der Waals surface area (Å²) in [5, 5.41) is 9.58. The van der Waals surface area contributed by atoms with Gasteiger partial charge in [-0.05, 0) is 28.1 Å². The number of nitrogens with zero attached hydrogens (tertiary/aromatic N) is 1. The van der Waals surface area contributed by atoms with Gasteiger partial charge in [0.05, 0.1) is 15.2 Å². The van der Waals surface area contributed by atoms with Crippen molar-refractivity contribution in [3.63, 3.8) is 0 Å². The van der Waals surface area contributed by atoms with Crippen LogP contribution in [0.1, 0.15) is 5.01 Å². The van der Waals surface area contributed by atoms with Gasteiger partial charge in [0.15, 0.2) is 0 Å². The van der Waals surface area contributed by atoms with Crippen LogP contribution in [-0.4, -0.2) is 16.7 Å². The molecule has 5 heteroatoms. The molecule has 0 saturated carbocycles. The predicted molar refractivity (Wildman–Crippen MR) is 58.1 cm³/mol. The molecule has 0 saturated heterocycles. The number of aliphatic hydroxyl groups is 1. The van der Waals surface area contributed by atoms with Gasteiger partial charge in [-0.15, -0.1) is 11.3 Å². The minimum Gasteiger partial charge on any atom is -0.396 e. The van der Waals surface area contributed by atoms with E-state index in [-0.39, 0.29) is 12.4 Å². The van der Waals surface area contributed by atoms with Crippen LogP contribution in [0.15, 0.2) is 16.6 Å². The van der Waals surface area contributed by atoms with E-state index in [1.54, 1.807) is 0 Å². The highest BCUT2D eigenvalue weighted by Gasteiger charge is 2.08. The summed E-state index contributed by atoms with van der Waals surface area (Å²) >= 11 is 4.66. The number of fused-ring (bicyclic) bond motifs is 1. The lowest BCUT2D eigenvalue weighted by Gasteiger charge is -1.91. The molecule has 0 fully saturated rings. The van der Waals surface area contributed by atoms with E-state index in [0.717, 1.165) is 15.2 Å². The third-order valence-corrected chi connectivity index (χ3v) is 3.45. The number of hydrogen-bond donors (Lipinski definition) is 1. The number of halogens is 2. The van der Waals surface area contributed by atoms with Gasteiger partial charge in [-0.3, -0.25) is 0 Å². The first kappa shape index (κ1) is 10.0. The molecular weight excluding hydrogens is 269 g/mol. The van der Waals surface area contributed by atoms with Crippen molar-refractivity contribution in [1.29, 1.82) is 0 Å². The van der Waals surface area contributed by atoms with Crippen molar-refractivity contribution in [2.45, 2.75) is 6.42 Å². The molecule has 1 aromatic heterocycles. The standard InChI is InChI=1S/C9H7BrFNOS/c10-6-3-5(11)4-7-9(6)12-8(14-7)1-2-13/h3-4,13H,1-2H2. The molecule has 2 aromatic rings. The molecule has 2 nitrogen and oxygen atoms in total. The molecule has 0 unspecified atom stereocenters. The summed E-state index contributed by atoms with van der Waals surface area (Å²) in [5.41, 5.74) is 0.764. The van der Waals surface area contributed by atoms with Crippen molar-refractivity contribution in [2.24, 2.45) is 0 Å². The van der Waals surface area contributed by atoms with Gasteiger partial charge in [0.25, 0.3) is 0 Å². The van der Waals surface area contributed by atoms with Crippen molar-refractivity contribution in [1.82, 2.24) is 4.98 Å². The molecule has 0 bridgehead atoms. The Morgan fingerprint density at radius 1 is 1.50 bits per heavy atom. The Bertz CT molecular complexity index is 471. The van der Waals surface area contributed by atoms with Crippen molar-refractivity contribution in [3.8, 4) is 0 Å². The van der Waals surface area contributed by atoms with Crippen molar-refractivity contribution in [3.05, 3.63) is 27.4 Å². The van der Waals surface area contributed by atoms with Crippen LogP contribution < -0.4 is 0 Å². The minimum atomic E-state index is -0.274. The van der Waals surface area contributed by atoms with Gasteiger partial charge in [0.1, 0.15) is 5.82 Å². The highest BCUT2D eigenvalue weighted by atomic mass is 79.9.